The first-order valence-electron chi connectivity index (χ1n) is 10.1. The molecule has 0 bridgehead atoms. The van der Waals surface area contributed by atoms with Gasteiger partial charge in [-0.1, -0.05) is 48.5 Å². The number of aromatic carboxylic acids is 1. The maximum absolute atomic E-state index is 11.9. The minimum atomic E-state index is -1.00. The van der Waals surface area contributed by atoms with Crippen LogP contribution in [0.4, 0.5) is 10.5 Å². The summed E-state index contributed by atoms with van der Waals surface area (Å²) in [7, 11) is 0. The molecule has 3 aromatic carbocycles. The molecule has 5 nitrogen and oxygen atoms in total. The lowest BCUT2D eigenvalue weighted by Gasteiger charge is -2.13. The molecule has 0 radical (unpaired) electrons. The SMILES string of the molecule is O=C(Nc1ccc(C(=O)O)cc1)OCCCCC1c2ccccc2-c2ccccc21. The minimum absolute atomic E-state index is 0.170. The van der Waals surface area contributed by atoms with Crippen LogP contribution >= 0.6 is 0 Å². The summed E-state index contributed by atoms with van der Waals surface area (Å²) >= 11 is 0. The standard InChI is InChI=1S/C25H23NO4/c27-24(28)17-12-14-18(15-13-17)26-25(29)30-16-6-5-11-23-21-9-3-1-7-19(21)20-8-2-4-10-22(20)23/h1-4,7-10,12-15,23H,5-6,11,16H2,(H,26,29)(H,27,28). The Kier molecular flexibility index (Phi) is 5.80. The normalized spacial score (nSPS) is 12.1. The average Bonchev–Trinajstić information content (AvgIpc) is 3.08. The van der Waals surface area contributed by atoms with E-state index in [1.165, 1.54) is 34.4 Å². The van der Waals surface area contributed by atoms with Crippen LogP contribution in [-0.2, 0) is 4.74 Å². The van der Waals surface area contributed by atoms with E-state index in [0.29, 0.717) is 18.2 Å². The summed E-state index contributed by atoms with van der Waals surface area (Å²) in [6.07, 6.45) is 2.21. The zero-order chi connectivity index (χ0) is 20.9. The van der Waals surface area contributed by atoms with E-state index < -0.39 is 12.1 Å². The van der Waals surface area contributed by atoms with Gasteiger partial charge in [0.25, 0.3) is 0 Å². The van der Waals surface area contributed by atoms with Gasteiger partial charge < -0.3 is 9.84 Å². The van der Waals surface area contributed by atoms with Gasteiger partial charge in [0.05, 0.1) is 12.2 Å². The molecule has 0 spiro atoms. The Bertz CT molecular complexity index is 1010. The van der Waals surface area contributed by atoms with Crippen molar-refractivity contribution in [3.8, 4) is 11.1 Å². The molecule has 5 heteroatoms. The monoisotopic (exact) mass is 401 g/mol. The van der Waals surface area contributed by atoms with Gasteiger partial charge in [-0.15, -0.1) is 0 Å². The maximum atomic E-state index is 11.9. The van der Waals surface area contributed by atoms with Gasteiger partial charge in [0.15, 0.2) is 0 Å². The predicted molar refractivity (Wildman–Crippen MR) is 116 cm³/mol. The molecule has 1 aliphatic carbocycles. The number of anilines is 1. The number of nitrogens with one attached hydrogen (secondary N) is 1. The van der Waals surface area contributed by atoms with Crippen molar-refractivity contribution < 1.29 is 19.4 Å². The van der Waals surface area contributed by atoms with Gasteiger partial charge in [-0.3, -0.25) is 5.32 Å². The molecule has 0 saturated carbocycles. The number of hydrogen-bond acceptors (Lipinski definition) is 3. The summed E-state index contributed by atoms with van der Waals surface area (Å²) in [5.41, 5.74) is 6.07. The van der Waals surface area contributed by atoms with Crippen LogP contribution in [0.2, 0.25) is 0 Å². The van der Waals surface area contributed by atoms with E-state index in [9.17, 15) is 9.59 Å². The topological polar surface area (TPSA) is 75.6 Å². The molecule has 0 aromatic heterocycles. The van der Waals surface area contributed by atoms with Gasteiger partial charge in [0.2, 0.25) is 0 Å². The van der Waals surface area contributed by atoms with Crippen LogP contribution in [0.1, 0.15) is 46.7 Å². The van der Waals surface area contributed by atoms with Crippen molar-refractivity contribution in [3.63, 3.8) is 0 Å². The predicted octanol–water partition coefficient (Wildman–Crippen LogP) is 5.92. The number of unbranched alkanes of at least 4 members (excludes halogenated alkanes) is 1. The van der Waals surface area contributed by atoms with Gasteiger partial charge in [0, 0.05) is 11.6 Å². The molecular formula is C25H23NO4. The molecular weight excluding hydrogens is 378 g/mol. The molecule has 0 fully saturated rings. The zero-order valence-electron chi connectivity index (χ0n) is 16.5. The van der Waals surface area contributed by atoms with E-state index in [1.54, 1.807) is 12.1 Å². The fraction of sp³-hybridized carbons (Fsp3) is 0.200. The van der Waals surface area contributed by atoms with Crippen molar-refractivity contribution in [3.05, 3.63) is 89.5 Å². The highest BCUT2D eigenvalue weighted by Crippen LogP contribution is 2.46. The number of hydrogen-bond donors (Lipinski definition) is 2. The molecule has 30 heavy (non-hydrogen) atoms. The molecule has 0 atom stereocenters. The van der Waals surface area contributed by atoms with Crippen molar-refractivity contribution in [2.24, 2.45) is 0 Å². The average molecular weight is 401 g/mol. The van der Waals surface area contributed by atoms with Crippen LogP contribution in [0.15, 0.2) is 72.8 Å². The van der Waals surface area contributed by atoms with Gasteiger partial charge in [-0.25, -0.2) is 9.59 Å². The van der Waals surface area contributed by atoms with Gasteiger partial charge >= 0.3 is 12.1 Å². The van der Waals surface area contributed by atoms with Crippen molar-refractivity contribution >= 4 is 17.7 Å². The number of carboxylic acid groups (broad SMARTS) is 1. The quantitative estimate of drug-likeness (QED) is 0.482. The molecule has 4 rings (SSSR count). The van der Waals surface area contributed by atoms with Crippen molar-refractivity contribution in [2.45, 2.75) is 25.2 Å². The van der Waals surface area contributed by atoms with Crippen molar-refractivity contribution in [1.82, 2.24) is 0 Å². The van der Waals surface area contributed by atoms with E-state index in [1.807, 2.05) is 0 Å². The molecule has 0 saturated heterocycles. The summed E-state index contributed by atoms with van der Waals surface area (Å²) in [5.74, 6) is -0.615. The van der Waals surface area contributed by atoms with Crippen LogP contribution in [0.5, 0.6) is 0 Å². The number of carbonyl (C=O) groups is 2. The zero-order valence-corrected chi connectivity index (χ0v) is 16.5. The summed E-state index contributed by atoms with van der Waals surface area (Å²) in [5, 5.41) is 11.5. The first-order chi connectivity index (χ1) is 14.6. The van der Waals surface area contributed by atoms with E-state index in [0.717, 1.165) is 19.3 Å². The molecule has 3 aromatic rings. The molecule has 0 aliphatic heterocycles. The minimum Gasteiger partial charge on any atom is -0.478 e. The van der Waals surface area contributed by atoms with Crippen LogP contribution in [0.25, 0.3) is 11.1 Å². The Labute approximate surface area is 175 Å². The highest BCUT2D eigenvalue weighted by molar-refractivity contribution is 5.89. The van der Waals surface area contributed by atoms with Crippen molar-refractivity contribution in [1.29, 1.82) is 0 Å². The number of carboxylic acids is 1. The van der Waals surface area contributed by atoms with Gasteiger partial charge in [-0.05, 0) is 65.8 Å². The Hall–Kier alpha value is -3.60. The fourth-order valence-corrected chi connectivity index (χ4v) is 4.04. The maximum Gasteiger partial charge on any atom is 0.411 e. The first kappa shape index (κ1) is 19.7. The number of amides is 1. The number of fused-ring (bicyclic) bond motifs is 3. The lowest BCUT2D eigenvalue weighted by molar-refractivity contribution is 0.0697. The second kappa shape index (κ2) is 8.82. The van der Waals surface area contributed by atoms with Crippen LogP contribution < -0.4 is 5.32 Å². The molecule has 152 valence electrons. The van der Waals surface area contributed by atoms with Gasteiger partial charge in [-0.2, -0.15) is 0 Å². The third-order valence-corrected chi connectivity index (χ3v) is 5.46. The first-order valence-corrected chi connectivity index (χ1v) is 10.1. The van der Waals surface area contributed by atoms with Gasteiger partial charge in [0.1, 0.15) is 0 Å². The van der Waals surface area contributed by atoms with E-state index in [2.05, 4.69) is 53.8 Å². The lowest BCUT2D eigenvalue weighted by atomic mass is 9.92. The number of carbonyl (C=O) groups excluding carboxylic acids is 1. The molecule has 1 aliphatic rings. The Morgan fingerprint density at radius 3 is 2.03 bits per heavy atom. The smallest absolute Gasteiger partial charge is 0.411 e. The molecule has 0 heterocycles. The number of ether oxygens (including phenoxy) is 1. The highest BCUT2D eigenvalue weighted by atomic mass is 16.5. The second-order valence-corrected chi connectivity index (χ2v) is 7.37. The third-order valence-electron chi connectivity index (χ3n) is 5.46. The number of rotatable bonds is 7. The van der Waals surface area contributed by atoms with E-state index in [4.69, 9.17) is 9.84 Å². The summed E-state index contributed by atoms with van der Waals surface area (Å²) in [6.45, 7) is 0.342. The van der Waals surface area contributed by atoms with Crippen LogP contribution in [-0.4, -0.2) is 23.8 Å². The van der Waals surface area contributed by atoms with Crippen LogP contribution in [0.3, 0.4) is 0 Å². The largest absolute Gasteiger partial charge is 0.478 e. The number of benzene rings is 3. The molecule has 1 amide bonds. The Morgan fingerprint density at radius 1 is 0.833 bits per heavy atom. The third kappa shape index (κ3) is 4.20. The highest BCUT2D eigenvalue weighted by Gasteiger charge is 2.27. The summed E-state index contributed by atoms with van der Waals surface area (Å²) in [4.78, 5) is 22.8. The second-order valence-electron chi connectivity index (χ2n) is 7.37. The lowest BCUT2D eigenvalue weighted by Crippen LogP contribution is -2.14. The molecule has 2 N–H and O–H groups in total. The Morgan fingerprint density at radius 2 is 1.43 bits per heavy atom. The Balaban J connectivity index is 1.25. The van der Waals surface area contributed by atoms with Crippen molar-refractivity contribution in [2.75, 3.05) is 11.9 Å². The van der Waals surface area contributed by atoms with E-state index in [-0.39, 0.29) is 5.56 Å². The molecule has 0 unspecified atom stereocenters. The van der Waals surface area contributed by atoms with Crippen LogP contribution in [0, 0.1) is 0 Å². The van der Waals surface area contributed by atoms with E-state index >= 15 is 0 Å². The summed E-state index contributed by atoms with van der Waals surface area (Å²) in [6, 6.07) is 23.1. The fourth-order valence-electron chi connectivity index (χ4n) is 4.04. The summed E-state index contributed by atoms with van der Waals surface area (Å²) < 4.78 is 5.26.